The maximum absolute atomic E-state index is 9.15. The molecular formula is C13H22N4O. The van der Waals surface area contributed by atoms with Crippen molar-refractivity contribution in [3.8, 4) is 0 Å². The highest BCUT2D eigenvalue weighted by atomic mass is 16.3. The number of aliphatic hydroxyl groups is 1. The molecule has 2 heterocycles. The molecule has 1 atom stereocenters. The fourth-order valence-corrected chi connectivity index (χ4v) is 2.56. The van der Waals surface area contributed by atoms with Crippen LogP contribution in [-0.4, -0.2) is 34.3 Å². The summed E-state index contributed by atoms with van der Waals surface area (Å²) in [6.45, 7) is 3.24. The lowest BCUT2D eigenvalue weighted by Crippen LogP contribution is -2.40. The van der Waals surface area contributed by atoms with E-state index < -0.39 is 0 Å². The number of piperidine rings is 1. The Morgan fingerprint density at radius 1 is 1.44 bits per heavy atom. The van der Waals surface area contributed by atoms with Crippen LogP contribution in [0.4, 0.5) is 11.6 Å². The van der Waals surface area contributed by atoms with Gasteiger partial charge in [-0.25, -0.2) is 9.97 Å². The topological polar surface area (TPSA) is 75.3 Å². The minimum atomic E-state index is 0.225. The van der Waals surface area contributed by atoms with Gasteiger partial charge in [-0.3, -0.25) is 0 Å². The van der Waals surface area contributed by atoms with Gasteiger partial charge in [0, 0.05) is 31.7 Å². The van der Waals surface area contributed by atoms with Gasteiger partial charge in [-0.1, -0.05) is 6.92 Å². The maximum atomic E-state index is 9.15. The van der Waals surface area contributed by atoms with Crippen LogP contribution >= 0.6 is 0 Å². The molecule has 3 N–H and O–H groups in total. The first-order valence-corrected chi connectivity index (χ1v) is 6.75. The second kappa shape index (κ2) is 6.00. The SMILES string of the molecule is CCc1nc(N)cc(N2CCCCC2CCO)n1. The monoisotopic (exact) mass is 250 g/mol. The van der Waals surface area contributed by atoms with Crippen molar-refractivity contribution >= 4 is 11.6 Å². The largest absolute Gasteiger partial charge is 0.396 e. The molecule has 1 unspecified atom stereocenters. The molecule has 1 aliphatic rings. The Morgan fingerprint density at radius 3 is 3.00 bits per heavy atom. The molecule has 2 rings (SSSR count). The summed E-state index contributed by atoms with van der Waals surface area (Å²) < 4.78 is 0. The molecule has 100 valence electrons. The van der Waals surface area contributed by atoms with Crippen molar-refractivity contribution in [2.24, 2.45) is 0 Å². The summed E-state index contributed by atoms with van der Waals surface area (Å²) in [6.07, 6.45) is 5.10. The molecular weight excluding hydrogens is 228 g/mol. The van der Waals surface area contributed by atoms with E-state index >= 15 is 0 Å². The lowest BCUT2D eigenvalue weighted by atomic mass is 9.99. The number of hydrogen-bond donors (Lipinski definition) is 2. The predicted molar refractivity (Wildman–Crippen MR) is 72.5 cm³/mol. The van der Waals surface area contributed by atoms with Gasteiger partial charge in [0.25, 0.3) is 0 Å². The fraction of sp³-hybridized carbons (Fsp3) is 0.692. The van der Waals surface area contributed by atoms with Crippen LogP contribution in [0.5, 0.6) is 0 Å². The molecule has 1 fully saturated rings. The fourth-order valence-electron chi connectivity index (χ4n) is 2.56. The smallest absolute Gasteiger partial charge is 0.134 e. The van der Waals surface area contributed by atoms with Crippen molar-refractivity contribution in [2.75, 3.05) is 23.8 Å². The van der Waals surface area contributed by atoms with E-state index in [0.29, 0.717) is 11.9 Å². The summed E-state index contributed by atoms with van der Waals surface area (Å²) in [5, 5.41) is 9.15. The first kappa shape index (κ1) is 13.1. The van der Waals surface area contributed by atoms with Gasteiger partial charge in [0.05, 0.1) is 0 Å². The van der Waals surface area contributed by atoms with E-state index in [1.807, 2.05) is 13.0 Å². The Balaban J connectivity index is 2.24. The minimum Gasteiger partial charge on any atom is -0.396 e. The van der Waals surface area contributed by atoms with Gasteiger partial charge in [0.1, 0.15) is 17.5 Å². The number of nitrogen functional groups attached to an aromatic ring is 1. The van der Waals surface area contributed by atoms with Crippen LogP contribution in [0.3, 0.4) is 0 Å². The standard InChI is InChI=1S/C13H22N4O/c1-2-12-15-11(14)9-13(16-12)17-7-4-3-5-10(17)6-8-18/h9-10,18H,2-8H2,1H3,(H2,14,15,16). The molecule has 0 spiro atoms. The number of aryl methyl sites for hydroxylation is 1. The first-order chi connectivity index (χ1) is 8.74. The van der Waals surface area contributed by atoms with Crippen molar-refractivity contribution in [3.63, 3.8) is 0 Å². The van der Waals surface area contributed by atoms with E-state index in [1.165, 1.54) is 12.8 Å². The highest BCUT2D eigenvalue weighted by molar-refractivity contribution is 5.48. The van der Waals surface area contributed by atoms with Crippen LogP contribution in [0, 0.1) is 0 Å². The van der Waals surface area contributed by atoms with E-state index in [-0.39, 0.29) is 6.61 Å². The van der Waals surface area contributed by atoms with Crippen LogP contribution in [0.2, 0.25) is 0 Å². The quantitative estimate of drug-likeness (QED) is 0.844. The Bertz CT molecular complexity index is 395. The number of nitrogens with zero attached hydrogens (tertiary/aromatic N) is 3. The van der Waals surface area contributed by atoms with Crippen LogP contribution < -0.4 is 10.6 Å². The zero-order valence-electron chi connectivity index (χ0n) is 11.0. The molecule has 1 aromatic heterocycles. The number of hydrogen-bond acceptors (Lipinski definition) is 5. The zero-order valence-corrected chi connectivity index (χ0v) is 11.0. The third-order valence-electron chi connectivity index (χ3n) is 3.48. The normalized spacial score (nSPS) is 20.1. The summed E-state index contributed by atoms with van der Waals surface area (Å²) >= 11 is 0. The van der Waals surface area contributed by atoms with E-state index in [2.05, 4.69) is 14.9 Å². The van der Waals surface area contributed by atoms with E-state index in [0.717, 1.165) is 37.4 Å². The third-order valence-corrected chi connectivity index (χ3v) is 3.48. The van der Waals surface area contributed by atoms with E-state index in [1.54, 1.807) is 0 Å². The highest BCUT2D eigenvalue weighted by Gasteiger charge is 2.23. The molecule has 0 saturated carbocycles. The predicted octanol–water partition coefficient (Wildman–Crippen LogP) is 1.36. The van der Waals surface area contributed by atoms with Gasteiger partial charge in [0.2, 0.25) is 0 Å². The number of rotatable bonds is 4. The van der Waals surface area contributed by atoms with Crippen LogP contribution in [-0.2, 0) is 6.42 Å². The van der Waals surface area contributed by atoms with Gasteiger partial charge >= 0.3 is 0 Å². The Hall–Kier alpha value is -1.36. The molecule has 1 aromatic rings. The summed E-state index contributed by atoms with van der Waals surface area (Å²) in [5.74, 6) is 2.24. The molecule has 0 aliphatic carbocycles. The molecule has 0 bridgehead atoms. The molecule has 1 aliphatic heterocycles. The molecule has 0 aromatic carbocycles. The Kier molecular flexibility index (Phi) is 4.36. The van der Waals surface area contributed by atoms with Gasteiger partial charge in [-0.2, -0.15) is 0 Å². The number of nitrogens with two attached hydrogens (primary N) is 1. The molecule has 0 amide bonds. The van der Waals surface area contributed by atoms with Crippen LogP contribution in [0.15, 0.2) is 6.07 Å². The van der Waals surface area contributed by atoms with Crippen molar-refractivity contribution in [1.82, 2.24) is 9.97 Å². The van der Waals surface area contributed by atoms with Gasteiger partial charge < -0.3 is 15.7 Å². The summed E-state index contributed by atoms with van der Waals surface area (Å²) in [5.41, 5.74) is 5.83. The second-order valence-corrected chi connectivity index (χ2v) is 4.78. The zero-order chi connectivity index (χ0) is 13.0. The molecule has 1 saturated heterocycles. The van der Waals surface area contributed by atoms with Crippen LogP contribution in [0.25, 0.3) is 0 Å². The Morgan fingerprint density at radius 2 is 2.28 bits per heavy atom. The first-order valence-electron chi connectivity index (χ1n) is 6.75. The lowest BCUT2D eigenvalue weighted by Gasteiger charge is -2.36. The molecule has 18 heavy (non-hydrogen) atoms. The third kappa shape index (κ3) is 2.90. The molecule has 0 radical (unpaired) electrons. The van der Waals surface area contributed by atoms with Crippen LogP contribution in [0.1, 0.15) is 38.4 Å². The van der Waals surface area contributed by atoms with Gasteiger partial charge in [-0.15, -0.1) is 0 Å². The number of anilines is 2. The van der Waals surface area contributed by atoms with Gasteiger partial charge in [-0.05, 0) is 25.7 Å². The average molecular weight is 250 g/mol. The van der Waals surface area contributed by atoms with Crippen molar-refractivity contribution in [3.05, 3.63) is 11.9 Å². The highest BCUT2D eigenvalue weighted by Crippen LogP contribution is 2.26. The molecule has 5 heteroatoms. The summed E-state index contributed by atoms with van der Waals surface area (Å²) in [4.78, 5) is 11.0. The van der Waals surface area contributed by atoms with E-state index in [4.69, 9.17) is 10.8 Å². The van der Waals surface area contributed by atoms with E-state index in [9.17, 15) is 0 Å². The number of aromatic nitrogens is 2. The maximum Gasteiger partial charge on any atom is 0.134 e. The van der Waals surface area contributed by atoms with Gasteiger partial charge in [0.15, 0.2) is 0 Å². The van der Waals surface area contributed by atoms with Crippen molar-refractivity contribution < 1.29 is 5.11 Å². The van der Waals surface area contributed by atoms with Crippen molar-refractivity contribution in [1.29, 1.82) is 0 Å². The minimum absolute atomic E-state index is 0.225. The Labute approximate surface area is 108 Å². The number of aliphatic hydroxyl groups excluding tert-OH is 1. The second-order valence-electron chi connectivity index (χ2n) is 4.78. The molecule has 5 nitrogen and oxygen atoms in total. The van der Waals surface area contributed by atoms with Crippen molar-refractivity contribution in [2.45, 2.75) is 45.1 Å². The summed E-state index contributed by atoms with van der Waals surface area (Å²) in [7, 11) is 0. The average Bonchev–Trinajstić information content (AvgIpc) is 2.39. The summed E-state index contributed by atoms with van der Waals surface area (Å²) in [6, 6.07) is 2.22. The lowest BCUT2D eigenvalue weighted by molar-refractivity contribution is 0.262.